The van der Waals surface area contributed by atoms with E-state index in [9.17, 15) is 9.18 Å². The van der Waals surface area contributed by atoms with E-state index in [-0.39, 0.29) is 11.4 Å². The highest BCUT2D eigenvalue weighted by Crippen LogP contribution is 2.29. The number of pyridine rings is 1. The lowest BCUT2D eigenvalue weighted by Gasteiger charge is -2.12. The molecule has 0 amide bonds. The summed E-state index contributed by atoms with van der Waals surface area (Å²) >= 11 is 2.84. The van der Waals surface area contributed by atoms with Crippen molar-refractivity contribution in [3.05, 3.63) is 94.0 Å². The summed E-state index contributed by atoms with van der Waals surface area (Å²) in [6, 6.07) is 17.8. The van der Waals surface area contributed by atoms with Crippen molar-refractivity contribution in [2.45, 2.75) is 10.9 Å². The zero-order valence-corrected chi connectivity index (χ0v) is 16.7. The molecule has 0 aliphatic heterocycles. The molecule has 0 bridgehead atoms. The Kier molecular flexibility index (Phi) is 4.61. The Labute approximate surface area is 173 Å². The molecule has 5 aromatic rings. The SMILES string of the molecule is O=c1c2ccsc2nc(SCc2cc(F)cc3cccnc23)n1-c1ccccc1. The van der Waals surface area contributed by atoms with Crippen LogP contribution >= 0.6 is 23.1 Å². The molecule has 3 heterocycles. The average Bonchev–Trinajstić information content (AvgIpc) is 3.21. The molecule has 0 fully saturated rings. The van der Waals surface area contributed by atoms with Gasteiger partial charge >= 0.3 is 0 Å². The summed E-state index contributed by atoms with van der Waals surface area (Å²) in [6.45, 7) is 0. The van der Waals surface area contributed by atoms with E-state index in [0.29, 0.717) is 21.1 Å². The van der Waals surface area contributed by atoms with E-state index >= 15 is 0 Å². The van der Waals surface area contributed by atoms with Crippen LogP contribution in [0.15, 0.2) is 82.2 Å². The number of thiophene rings is 1. The predicted octanol–water partition coefficient (Wildman–Crippen LogP) is 5.43. The van der Waals surface area contributed by atoms with Gasteiger partial charge in [0.05, 0.1) is 16.6 Å². The molecule has 7 heteroatoms. The molecule has 0 radical (unpaired) electrons. The highest BCUT2D eigenvalue weighted by atomic mass is 32.2. The lowest BCUT2D eigenvalue weighted by Crippen LogP contribution is -2.21. The van der Waals surface area contributed by atoms with Crippen LogP contribution < -0.4 is 5.56 Å². The topological polar surface area (TPSA) is 47.8 Å². The highest BCUT2D eigenvalue weighted by molar-refractivity contribution is 7.98. The third-order valence-electron chi connectivity index (χ3n) is 4.59. The number of hydrogen-bond donors (Lipinski definition) is 0. The molecular formula is C22H14FN3OS2. The molecule has 0 atom stereocenters. The van der Waals surface area contributed by atoms with Crippen LogP contribution in [0, 0.1) is 5.82 Å². The molecule has 0 N–H and O–H groups in total. The maximum atomic E-state index is 14.1. The Balaban J connectivity index is 1.62. The Morgan fingerprint density at radius 3 is 2.79 bits per heavy atom. The van der Waals surface area contributed by atoms with E-state index in [1.54, 1.807) is 22.9 Å². The van der Waals surface area contributed by atoms with Gasteiger partial charge in [-0.05, 0) is 47.3 Å². The van der Waals surface area contributed by atoms with Gasteiger partial charge in [0.2, 0.25) is 0 Å². The molecule has 0 saturated heterocycles. The first-order valence-electron chi connectivity index (χ1n) is 8.92. The molecule has 2 aromatic carbocycles. The second-order valence-electron chi connectivity index (χ2n) is 6.44. The third-order valence-corrected chi connectivity index (χ3v) is 6.38. The van der Waals surface area contributed by atoms with Crippen molar-refractivity contribution < 1.29 is 4.39 Å². The van der Waals surface area contributed by atoms with Gasteiger partial charge in [-0.15, -0.1) is 11.3 Å². The fourth-order valence-electron chi connectivity index (χ4n) is 3.28. The number of thioether (sulfide) groups is 1. The fourth-order valence-corrected chi connectivity index (χ4v) is 5.07. The zero-order chi connectivity index (χ0) is 19.8. The molecule has 0 aliphatic carbocycles. The van der Waals surface area contributed by atoms with Crippen molar-refractivity contribution in [1.29, 1.82) is 0 Å². The van der Waals surface area contributed by atoms with Crippen LogP contribution in [0.5, 0.6) is 0 Å². The van der Waals surface area contributed by atoms with E-state index < -0.39 is 0 Å². The van der Waals surface area contributed by atoms with Crippen molar-refractivity contribution in [3.8, 4) is 5.69 Å². The van der Waals surface area contributed by atoms with Gasteiger partial charge in [0.15, 0.2) is 5.16 Å². The van der Waals surface area contributed by atoms with E-state index in [0.717, 1.165) is 22.2 Å². The number of halogens is 1. The van der Waals surface area contributed by atoms with Crippen molar-refractivity contribution in [2.75, 3.05) is 0 Å². The van der Waals surface area contributed by atoms with Crippen LogP contribution in [0.1, 0.15) is 5.56 Å². The summed E-state index contributed by atoms with van der Waals surface area (Å²) in [6.07, 6.45) is 1.70. The first kappa shape index (κ1) is 18.0. The fraction of sp³-hybridized carbons (Fsp3) is 0.0455. The number of rotatable bonds is 4. The van der Waals surface area contributed by atoms with Gasteiger partial charge < -0.3 is 0 Å². The Hall–Kier alpha value is -3.03. The maximum absolute atomic E-state index is 14.1. The van der Waals surface area contributed by atoms with Gasteiger partial charge in [-0.1, -0.05) is 36.0 Å². The molecule has 5 rings (SSSR count). The summed E-state index contributed by atoms with van der Waals surface area (Å²) in [4.78, 5) is 23.0. The van der Waals surface area contributed by atoms with Crippen molar-refractivity contribution in [1.82, 2.24) is 14.5 Å². The number of fused-ring (bicyclic) bond motifs is 2. The minimum Gasteiger partial charge on any atom is -0.268 e. The van der Waals surface area contributed by atoms with Crippen molar-refractivity contribution in [3.63, 3.8) is 0 Å². The summed E-state index contributed by atoms with van der Waals surface area (Å²) in [5, 5.41) is 3.79. The molecule has 0 aliphatic rings. The highest BCUT2D eigenvalue weighted by Gasteiger charge is 2.15. The Morgan fingerprint density at radius 2 is 1.93 bits per heavy atom. The van der Waals surface area contributed by atoms with E-state index in [1.807, 2.05) is 41.8 Å². The van der Waals surface area contributed by atoms with Crippen LogP contribution in [0.4, 0.5) is 4.39 Å². The van der Waals surface area contributed by atoms with Gasteiger partial charge in [0, 0.05) is 17.3 Å². The zero-order valence-electron chi connectivity index (χ0n) is 15.1. The molecule has 0 unspecified atom stereocenters. The Morgan fingerprint density at radius 1 is 1.07 bits per heavy atom. The van der Waals surface area contributed by atoms with Crippen molar-refractivity contribution in [2.24, 2.45) is 0 Å². The van der Waals surface area contributed by atoms with Crippen LogP contribution in [0.3, 0.4) is 0 Å². The number of hydrogen-bond acceptors (Lipinski definition) is 5. The smallest absolute Gasteiger partial charge is 0.267 e. The standard InChI is InChI=1S/C22H14FN3OS2/c23-16-11-14-5-4-9-24-19(14)15(12-16)13-29-22-25-20-18(8-10-28-20)21(27)26(22)17-6-2-1-3-7-17/h1-12H,13H2. The number of benzene rings is 2. The molecule has 29 heavy (non-hydrogen) atoms. The van der Waals surface area contributed by atoms with Crippen molar-refractivity contribution >= 4 is 44.2 Å². The average molecular weight is 420 g/mol. The van der Waals surface area contributed by atoms with E-state index in [4.69, 9.17) is 4.98 Å². The van der Waals surface area contributed by atoms with Gasteiger partial charge in [-0.2, -0.15) is 0 Å². The molecule has 142 valence electrons. The van der Waals surface area contributed by atoms with Gasteiger partial charge in [0.1, 0.15) is 10.6 Å². The monoisotopic (exact) mass is 419 g/mol. The summed E-state index contributed by atoms with van der Waals surface area (Å²) < 4.78 is 15.7. The summed E-state index contributed by atoms with van der Waals surface area (Å²) in [5.74, 6) is 0.143. The van der Waals surface area contributed by atoms with Crippen LogP contribution in [0.2, 0.25) is 0 Å². The van der Waals surface area contributed by atoms with Gasteiger partial charge in [0.25, 0.3) is 5.56 Å². The maximum Gasteiger partial charge on any atom is 0.267 e. The normalized spacial score (nSPS) is 11.3. The first-order chi connectivity index (χ1) is 14.2. The number of aromatic nitrogens is 3. The lowest BCUT2D eigenvalue weighted by atomic mass is 10.1. The third kappa shape index (κ3) is 3.32. The molecular weight excluding hydrogens is 405 g/mol. The molecule has 3 aromatic heterocycles. The second kappa shape index (κ2) is 7.42. The van der Waals surface area contributed by atoms with Crippen LogP contribution in [-0.4, -0.2) is 14.5 Å². The van der Waals surface area contributed by atoms with E-state index in [2.05, 4.69) is 4.98 Å². The summed E-state index contributed by atoms with van der Waals surface area (Å²) in [5.41, 5.74) is 2.17. The molecule has 4 nitrogen and oxygen atoms in total. The number of nitrogens with zero attached hydrogens (tertiary/aromatic N) is 3. The minimum absolute atomic E-state index is 0.104. The van der Waals surface area contributed by atoms with E-state index in [1.165, 1.54) is 35.2 Å². The van der Waals surface area contributed by atoms with Gasteiger partial charge in [-0.3, -0.25) is 14.3 Å². The quantitative estimate of drug-likeness (QED) is 0.288. The Bertz CT molecular complexity index is 1400. The van der Waals surface area contributed by atoms with Crippen LogP contribution in [0.25, 0.3) is 26.8 Å². The lowest BCUT2D eigenvalue weighted by molar-refractivity contribution is 0.628. The first-order valence-corrected chi connectivity index (χ1v) is 10.8. The minimum atomic E-state index is -0.303. The largest absolute Gasteiger partial charge is 0.268 e. The van der Waals surface area contributed by atoms with Crippen LogP contribution in [-0.2, 0) is 5.75 Å². The number of para-hydroxylation sites is 1. The second-order valence-corrected chi connectivity index (χ2v) is 8.28. The summed E-state index contributed by atoms with van der Waals surface area (Å²) in [7, 11) is 0. The predicted molar refractivity (Wildman–Crippen MR) is 116 cm³/mol. The molecule has 0 spiro atoms. The van der Waals surface area contributed by atoms with Gasteiger partial charge in [-0.25, -0.2) is 9.37 Å². The molecule has 0 saturated carbocycles.